The number of alkyl halides is 3. The second-order valence-electron chi connectivity index (χ2n) is 5.52. The fraction of sp³-hybridized carbons (Fsp3) is 0.278. The Kier molecular flexibility index (Phi) is 6.46. The minimum Gasteiger partial charge on any atom is -0.489 e. The first kappa shape index (κ1) is 19.6. The third-order valence-electron chi connectivity index (χ3n) is 3.47. The van der Waals surface area contributed by atoms with Crippen molar-refractivity contribution in [1.29, 1.82) is 0 Å². The van der Waals surface area contributed by atoms with Gasteiger partial charge in [0, 0.05) is 12.8 Å². The van der Waals surface area contributed by atoms with Crippen LogP contribution in [0.1, 0.15) is 11.1 Å². The van der Waals surface area contributed by atoms with E-state index >= 15 is 0 Å². The first-order valence-corrected chi connectivity index (χ1v) is 7.77. The first-order chi connectivity index (χ1) is 12.3. The van der Waals surface area contributed by atoms with E-state index in [-0.39, 0.29) is 31.1 Å². The number of carbonyl (C=O) groups is 1. The lowest BCUT2D eigenvalue weighted by molar-refractivity contribution is -0.137. The van der Waals surface area contributed by atoms with Gasteiger partial charge in [0.15, 0.2) is 0 Å². The van der Waals surface area contributed by atoms with Gasteiger partial charge in [0.1, 0.15) is 12.4 Å². The second-order valence-corrected chi connectivity index (χ2v) is 5.52. The van der Waals surface area contributed by atoms with Crippen LogP contribution in [0.25, 0.3) is 0 Å². The molecule has 0 heterocycles. The van der Waals surface area contributed by atoms with E-state index in [0.29, 0.717) is 11.3 Å². The Labute approximate surface area is 148 Å². The van der Waals surface area contributed by atoms with Crippen molar-refractivity contribution >= 4 is 17.3 Å². The third kappa shape index (κ3) is 5.66. The van der Waals surface area contributed by atoms with E-state index in [2.05, 4.69) is 5.32 Å². The monoisotopic (exact) mass is 368 g/mol. The number of nitrogen functional groups attached to an aromatic ring is 1. The van der Waals surface area contributed by atoms with E-state index in [9.17, 15) is 18.0 Å². The molecule has 0 unspecified atom stereocenters. The maximum Gasteiger partial charge on any atom is 0.416 e. The van der Waals surface area contributed by atoms with Gasteiger partial charge in [-0.2, -0.15) is 13.2 Å². The van der Waals surface area contributed by atoms with Crippen LogP contribution in [0, 0.1) is 0 Å². The summed E-state index contributed by atoms with van der Waals surface area (Å²) >= 11 is 0. The summed E-state index contributed by atoms with van der Waals surface area (Å²) < 4.78 is 49.1. The van der Waals surface area contributed by atoms with Gasteiger partial charge in [-0.1, -0.05) is 12.1 Å². The zero-order valence-corrected chi connectivity index (χ0v) is 14.1. The second kappa shape index (κ2) is 8.57. The van der Waals surface area contributed by atoms with Crippen LogP contribution in [0.15, 0.2) is 42.5 Å². The standard InChI is InChI=1S/C18H19F3N2O3/c1-25-8-9-26-16-7-4-13(18(19,20)21)11-15(16)23-17(24)10-12-2-5-14(22)6-3-12/h2-7,11H,8-10,22H2,1H3,(H,23,24). The fourth-order valence-corrected chi connectivity index (χ4v) is 2.18. The number of carbonyl (C=O) groups excluding carboxylic acids is 1. The Morgan fingerprint density at radius 1 is 1.12 bits per heavy atom. The van der Waals surface area contributed by atoms with Gasteiger partial charge in [0.05, 0.1) is 24.3 Å². The van der Waals surface area contributed by atoms with Crippen LogP contribution in [0.2, 0.25) is 0 Å². The molecule has 2 aromatic rings. The molecule has 8 heteroatoms. The molecular formula is C18H19F3N2O3. The van der Waals surface area contributed by atoms with Crippen LogP contribution in [-0.4, -0.2) is 26.2 Å². The summed E-state index contributed by atoms with van der Waals surface area (Å²) in [6, 6.07) is 9.57. The highest BCUT2D eigenvalue weighted by Crippen LogP contribution is 2.35. The molecule has 0 aliphatic carbocycles. The van der Waals surface area contributed by atoms with Crippen LogP contribution < -0.4 is 15.8 Å². The molecule has 2 aromatic carbocycles. The van der Waals surface area contributed by atoms with Gasteiger partial charge in [0.25, 0.3) is 0 Å². The molecule has 0 saturated heterocycles. The molecule has 0 saturated carbocycles. The van der Waals surface area contributed by atoms with Gasteiger partial charge in [0.2, 0.25) is 5.91 Å². The molecule has 0 spiro atoms. The molecule has 3 N–H and O–H groups in total. The number of methoxy groups -OCH3 is 1. The smallest absolute Gasteiger partial charge is 0.416 e. The number of anilines is 2. The van der Waals surface area contributed by atoms with E-state index < -0.39 is 17.6 Å². The Hall–Kier alpha value is -2.74. The molecule has 0 aliphatic heterocycles. The van der Waals surface area contributed by atoms with E-state index in [1.54, 1.807) is 24.3 Å². The number of nitrogens with two attached hydrogens (primary N) is 1. The van der Waals surface area contributed by atoms with Crippen LogP contribution in [0.3, 0.4) is 0 Å². The predicted octanol–water partition coefficient (Wildman–Crippen LogP) is 3.49. The summed E-state index contributed by atoms with van der Waals surface area (Å²) in [5.41, 5.74) is 5.90. The maximum atomic E-state index is 12.9. The zero-order chi connectivity index (χ0) is 19.2. The molecule has 0 bridgehead atoms. The van der Waals surface area contributed by atoms with Crippen LogP contribution in [0.4, 0.5) is 24.5 Å². The van der Waals surface area contributed by atoms with Crippen molar-refractivity contribution in [3.05, 3.63) is 53.6 Å². The fourth-order valence-electron chi connectivity index (χ4n) is 2.18. The van der Waals surface area contributed by atoms with Gasteiger partial charge >= 0.3 is 6.18 Å². The molecule has 0 atom stereocenters. The summed E-state index contributed by atoms with van der Waals surface area (Å²) in [5, 5.41) is 2.48. The number of rotatable bonds is 7. The van der Waals surface area contributed by atoms with Gasteiger partial charge in [-0.25, -0.2) is 0 Å². The van der Waals surface area contributed by atoms with Crippen molar-refractivity contribution < 1.29 is 27.4 Å². The van der Waals surface area contributed by atoms with Crippen LogP contribution in [0.5, 0.6) is 5.75 Å². The summed E-state index contributed by atoms with van der Waals surface area (Å²) in [4.78, 5) is 12.2. The summed E-state index contributed by atoms with van der Waals surface area (Å²) in [5.74, 6) is -0.327. The Morgan fingerprint density at radius 2 is 1.81 bits per heavy atom. The van der Waals surface area contributed by atoms with Crippen molar-refractivity contribution in [2.45, 2.75) is 12.6 Å². The number of amides is 1. The molecule has 2 rings (SSSR count). The minimum atomic E-state index is -4.53. The first-order valence-electron chi connectivity index (χ1n) is 7.77. The number of benzene rings is 2. The number of hydrogen-bond acceptors (Lipinski definition) is 4. The molecule has 0 fully saturated rings. The Balaban J connectivity index is 2.17. The molecule has 5 nitrogen and oxygen atoms in total. The maximum absolute atomic E-state index is 12.9. The highest BCUT2D eigenvalue weighted by Gasteiger charge is 2.31. The summed E-state index contributed by atoms with van der Waals surface area (Å²) in [6.07, 6.45) is -4.53. The average molecular weight is 368 g/mol. The molecule has 0 aromatic heterocycles. The van der Waals surface area contributed by atoms with Crippen molar-refractivity contribution in [3.63, 3.8) is 0 Å². The van der Waals surface area contributed by atoms with E-state index in [4.69, 9.17) is 15.2 Å². The largest absolute Gasteiger partial charge is 0.489 e. The quantitative estimate of drug-likeness (QED) is 0.580. The Bertz CT molecular complexity index is 746. The number of ether oxygens (including phenoxy) is 2. The minimum absolute atomic E-state index is 0.00592. The van der Waals surface area contributed by atoms with Crippen molar-refractivity contribution in [3.8, 4) is 5.75 Å². The van der Waals surface area contributed by atoms with Gasteiger partial charge < -0.3 is 20.5 Å². The molecule has 1 amide bonds. The highest BCUT2D eigenvalue weighted by atomic mass is 19.4. The number of halogens is 3. The number of nitrogens with one attached hydrogen (secondary N) is 1. The lowest BCUT2D eigenvalue weighted by atomic mass is 10.1. The van der Waals surface area contributed by atoms with Crippen LogP contribution >= 0.6 is 0 Å². The van der Waals surface area contributed by atoms with E-state index in [1.165, 1.54) is 13.2 Å². The molecule has 26 heavy (non-hydrogen) atoms. The molecule has 0 radical (unpaired) electrons. The SMILES string of the molecule is COCCOc1ccc(C(F)(F)F)cc1NC(=O)Cc1ccc(N)cc1. The van der Waals surface area contributed by atoms with Crippen molar-refractivity contribution in [2.75, 3.05) is 31.4 Å². The third-order valence-corrected chi connectivity index (χ3v) is 3.47. The van der Waals surface area contributed by atoms with Crippen LogP contribution in [-0.2, 0) is 22.1 Å². The normalized spacial score (nSPS) is 11.2. The van der Waals surface area contributed by atoms with Crippen molar-refractivity contribution in [2.24, 2.45) is 0 Å². The number of hydrogen-bond donors (Lipinski definition) is 2. The lowest BCUT2D eigenvalue weighted by Gasteiger charge is -2.15. The topological polar surface area (TPSA) is 73.6 Å². The zero-order valence-electron chi connectivity index (χ0n) is 14.1. The summed E-state index contributed by atoms with van der Waals surface area (Å²) in [6.45, 7) is 0.405. The van der Waals surface area contributed by atoms with Gasteiger partial charge in [-0.3, -0.25) is 4.79 Å². The highest BCUT2D eigenvalue weighted by molar-refractivity contribution is 5.93. The van der Waals surface area contributed by atoms with Gasteiger partial charge in [-0.15, -0.1) is 0 Å². The predicted molar refractivity (Wildman–Crippen MR) is 92.0 cm³/mol. The molecular weight excluding hydrogens is 349 g/mol. The molecule has 140 valence electrons. The lowest BCUT2D eigenvalue weighted by Crippen LogP contribution is -2.17. The van der Waals surface area contributed by atoms with Crippen molar-refractivity contribution in [1.82, 2.24) is 0 Å². The van der Waals surface area contributed by atoms with E-state index in [1.807, 2.05) is 0 Å². The van der Waals surface area contributed by atoms with E-state index in [0.717, 1.165) is 12.1 Å². The average Bonchev–Trinajstić information content (AvgIpc) is 2.57. The summed E-state index contributed by atoms with van der Waals surface area (Å²) in [7, 11) is 1.48. The van der Waals surface area contributed by atoms with Gasteiger partial charge in [-0.05, 0) is 35.9 Å². The Morgan fingerprint density at radius 3 is 2.42 bits per heavy atom. The molecule has 0 aliphatic rings.